The molecule has 0 aromatic heterocycles. The van der Waals surface area contributed by atoms with Crippen molar-refractivity contribution in [3.05, 3.63) is 95.1 Å². The minimum atomic E-state index is -1.01. The normalized spacial score (nSPS) is 18.0. The third-order valence-electron chi connectivity index (χ3n) is 7.79. The van der Waals surface area contributed by atoms with Gasteiger partial charge in [-0.1, -0.05) is 60.7 Å². The molecule has 1 saturated heterocycles. The quantitative estimate of drug-likeness (QED) is 0.274. The molecule has 1 fully saturated rings. The minimum absolute atomic E-state index is 0.330. The summed E-state index contributed by atoms with van der Waals surface area (Å²) in [5, 5.41) is 12.5. The summed E-state index contributed by atoms with van der Waals surface area (Å²) in [6, 6.07) is 24.4. The second kappa shape index (κ2) is 14.5. The van der Waals surface area contributed by atoms with Crippen molar-refractivity contribution in [1.82, 2.24) is 10.2 Å². The topological polar surface area (TPSA) is 78.9 Å². The number of ether oxygens (including phenoxy) is 1. The number of carboxylic acids is 1. The maximum atomic E-state index is 13.5. The average Bonchev–Trinajstić information content (AvgIpc) is 3.32. The number of rotatable bonds is 13. The van der Waals surface area contributed by atoms with E-state index in [2.05, 4.69) is 46.6 Å². The van der Waals surface area contributed by atoms with Crippen LogP contribution in [0, 0.1) is 6.92 Å². The lowest BCUT2D eigenvalue weighted by molar-refractivity contribution is -0.139. The predicted octanol–water partition coefficient (Wildman–Crippen LogP) is 5.82. The zero-order valence-electron chi connectivity index (χ0n) is 23.6. The number of hydrogen-bond donors (Lipinski definition) is 2. The Labute approximate surface area is 242 Å². The molecule has 4 rings (SSSR count). The molecule has 40 heavy (non-hydrogen) atoms. The minimum Gasteiger partial charge on any atom is -0.480 e. The van der Waals surface area contributed by atoms with Crippen LogP contribution in [-0.2, 0) is 22.5 Å². The highest BCUT2D eigenvalue weighted by atomic mass is 32.2. The highest BCUT2D eigenvalue weighted by Gasteiger charge is 2.33. The highest BCUT2D eigenvalue weighted by molar-refractivity contribution is 7.98. The van der Waals surface area contributed by atoms with E-state index >= 15 is 0 Å². The lowest BCUT2D eigenvalue weighted by Gasteiger charge is -2.30. The third-order valence-corrected chi connectivity index (χ3v) is 8.43. The van der Waals surface area contributed by atoms with E-state index in [1.165, 1.54) is 5.56 Å². The summed E-state index contributed by atoms with van der Waals surface area (Å²) < 4.78 is 5.59. The first-order valence-corrected chi connectivity index (χ1v) is 15.3. The molecule has 3 atom stereocenters. The summed E-state index contributed by atoms with van der Waals surface area (Å²) in [7, 11) is 1.76. The fourth-order valence-corrected chi connectivity index (χ4v) is 6.15. The maximum absolute atomic E-state index is 13.5. The smallest absolute Gasteiger partial charge is 0.326 e. The van der Waals surface area contributed by atoms with E-state index in [4.69, 9.17) is 4.74 Å². The van der Waals surface area contributed by atoms with Crippen LogP contribution in [0.4, 0.5) is 0 Å². The summed E-state index contributed by atoms with van der Waals surface area (Å²) in [5.41, 5.74) is 5.80. The van der Waals surface area contributed by atoms with E-state index in [0.717, 1.165) is 48.1 Å². The summed E-state index contributed by atoms with van der Waals surface area (Å²) in [5.74, 6) is -0.721. The van der Waals surface area contributed by atoms with Gasteiger partial charge in [0.15, 0.2) is 0 Å². The molecular formula is C33H40N2O4S. The predicted molar refractivity (Wildman–Crippen MR) is 163 cm³/mol. The molecule has 3 aromatic rings. The number of aryl methyl sites for hydroxylation is 1. The summed E-state index contributed by atoms with van der Waals surface area (Å²) in [6.07, 6.45) is 5.49. The first-order valence-electron chi connectivity index (χ1n) is 13.9. The van der Waals surface area contributed by atoms with E-state index in [9.17, 15) is 14.7 Å². The molecule has 1 aliphatic heterocycles. The fraction of sp³-hybridized carbons (Fsp3) is 0.394. The second-order valence-corrected chi connectivity index (χ2v) is 11.5. The van der Waals surface area contributed by atoms with Crippen molar-refractivity contribution >= 4 is 23.6 Å². The van der Waals surface area contributed by atoms with Gasteiger partial charge in [0.2, 0.25) is 0 Å². The van der Waals surface area contributed by atoms with Gasteiger partial charge in [-0.05, 0) is 84.6 Å². The van der Waals surface area contributed by atoms with Gasteiger partial charge in [-0.25, -0.2) is 4.79 Å². The van der Waals surface area contributed by atoms with Crippen LogP contribution in [0.5, 0.6) is 0 Å². The number of carboxylic acid groups (broad SMARTS) is 1. The number of carbonyl (C=O) groups excluding carboxylic acids is 1. The largest absolute Gasteiger partial charge is 0.480 e. The summed E-state index contributed by atoms with van der Waals surface area (Å²) in [4.78, 5) is 27.9. The molecule has 0 radical (unpaired) electrons. The van der Waals surface area contributed by atoms with Crippen molar-refractivity contribution < 1.29 is 19.4 Å². The molecular weight excluding hydrogens is 520 g/mol. The molecule has 0 unspecified atom stereocenters. The molecule has 212 valence electrons. The standard InChI is InChI=1S/C33H40N2O4S/c1-23-9-7-8-12-28(23)30-20-25(13-16-29(30)32(36)34-31(33(37)38)17-18-40-3)21-35-26(14-15-27(35)22-39-2)19-24-10-5-4-6-11-24/h4-13,16,20,26-27,31H,14-15,17-19,21-22H2,1-3H3,(H,34,36)(H,37,38)/t26-,27-,31+/m1/s1. The Kier molecular flexibility index (Phi) is 10.8. The van der Waals surface area contributed by atoms with Crippen LogP contribution in [0.25, 0.3) is 11.1 Å². The second-order valence-electron chi connectivity index (χ2n) is 10.5. The van der Waals surface area contributed by atoms with Crippen LogP contribution in [0.15, 0.2) is 72.8 Å². The molecule has 0 saturated carbocycles. The van der Waals surface area contributed by atoms with Gasteiger partial charge in [-0.2, -0.15) is 11.8 Å². The number of carbonyl (C=O) groups is 2. The average molecular weight is 561 g/mol. The van der Waals surface area contributed by atoms with Crippen LogP contribution in [0.1, 0.15) is 46.3 Å². The van der Waals surface area contributed by atoms with Gasteiger partial charge in [0.1, 0.15) is 6.04 Å². The van der Waals surface area contributed by atoms with Crippen LogP contribution < -0.4 is 5.32 Å². The van der Waals surface area contributed by atoms with Crippen LogP contribution >= 0.6 is 11.8 Å². The number of thioether (sulfide) groups is 1. The third kappa shape index (κ3) is 7.53. The molecule has 0 aliphatic carbocycles. The van der Waals surface area contributed by atoms with Crippen molar-refractivity contribution in [3.8, 4) is 11.1 Å². The number of benzene rings is 3. The zero-order valence-corrected chi connectivity index (χ0v) is 24.5. The zero-order chi connectivity index (χ0) is 28.5. The van der Waals surface area contributed by atoms with Crippen LogP contribution in [-0.4, -0.2) is 65.7 Å². The Morgan fingerprint density at radius 2 is 1.73 bits per heavy atom. The first-order chi connectivity index (χ1) is 19.4. The molecule has 2 N–H and O–H groups in total. The van der Waals surface area contributed by atoms with Gasteiger partial charge in [0.25, 0.3) is 5.91 Å². The molecule has 7 heteroatoms. The van der Waals surface area contributed by atoms with Gasteiger partial charge < -0.3 is 15.2 Å². The van der Waals surface area contributed by atoms with E-state index in [1.54, 1.807) is 18.9 Å². The van der Waals surface area contributed by atoms with Gasteiger partial charge in [-0.15, -0.1) is 0 Å². The fourth-order valence-electron chi connectivity index (χ4n) is 5.68. The van der Waals surface area contributed by atoms with Gasteiger partial charge in [-0.3, -0.25) is 9.69 Å². The Morgan fingerprint density at radius 3 is 2.42 bits per heavy atom. The Balaban J connectivity index is 1.65. The first kappa shape index (κ1) is 29.8. The van der Waals surface area contributed by atoms with Gasteiger partial charge in [0, 0.05) is 31.3 Å². The van der Waals surface area contributed by atoms with Crippen molar-refractivity contribution in [1.29, 1.82) is 0 Å². The Morgan fingerprint density at radius 1 is 1.00 bits per heavy atom. The van der Waals surface area contributed by atoms with Gasteiger partial charge in [0.05, 0.1) is 6.61 Å². The monoisotopic (exact) mass is 560 g/mol. The van der Waals surface area contributed by atoms with E-state index in [0.29, 0.717) is 36.4 Å². The molecule has 1 amide bonds. The molecule has 3 aromatic carbocycles. The molecule has 0 spiro atoms. The molecule has 0 bridgehead atoms. The molecule has 6 nitrogen and oxygen atoms in total. The number of likely N-dealkylation sites (tertiary alicyclic amines) is 1. The van der Waals surface area contributed by atoms with Crippen molar-refractivity contribution in [2.45, 2.75) is 57.3 Å². The lowest BCUT2D eigenvalue weighted by atomic mass is 9.93. The lowest BCUT2D eigenvalue weighted by Crippen LogP contribution is -2.41. The number of nitrogens with one attached hydrogen (secondary N) is 1. The Hall–Kier alpha value is -3.13. The highest BCUT2D eigenvalue weighted by Crippen LogP contribution is 2.32. The SMILES string of the molecule is COC[C@H]1CC[C@H](Cc2ccccc2)N1Cc1ccc(C(=O)N[C@@H](CCSC)C(=O)O)c(-c2ccccc2C)c1. The Bertz CT molecular complexity index is 1280. The van der Waals surface area contributed by atoms with E-state index < -0.39 is 12.0 Å². The van der Waals surface area contributed by atoms with Gasteiger partial charge >= 0.3 is 5.97 Å². The van der Waals surface area contributed by atoms with E-state index in [-0.39, 0.29) is 5.91 Å². The molecule has 1 aliphatic rings. The van der Waals surface area contributed by atoms with Crippen molar-refractivity contribution in [2.75, 3.05) is 25.7 Å². The number of hydrogen-bond acceptors (Lipinski definition) is 5. The number of aliphatic carboxylic acids is 1. The summed E-state index contributed by atoms with van der Waals surface area (Å²) in [6.45, 7) is 3.47. The molecule has 1 heterocycles. The van der Waals surface area contributed by atoms with Crippen molar-refractivity contribution in [3.63, 3.8) is 0 Å². The number of amides is 1. The summed E-state index contributed by atoms with van der Waals surface area (Å²) >= 11 is 1.56. The number of nitrogens with zero attached hydrogens (tertiary/aromatic N) is 1. The van der Waals surface area contributed by atoms with Crippen LogP contribution in [0.2, 0.25) is 0 Å². The number of methoxy groups -OCH3 is 1. The van der Waals surface area contributed by atoms with Crippen molar-refractivity contribution in [2.24, 2.45) is 0 Å². The maximum Gasteiger partial charge on any atom is 0.326 e. The van der Waals surface area contributed by atoms with Crippen LogP contribution in [0.3, 0.4) is 0 Å². The van der Waals surface area contributed by atoms with E-state index in [1.807, 2.05) is 49.6 Å².